The second kappa shape index (κ2) is 6.10. The minimum absolute atomic E-state index is 0.0150. The van der Waals surface area contributed by atoms with Gasteiger partial charge in [0.15, 0.2) is 0 Å². The highest BCUT2D eigenvalue weighted by Gasteiger charge is 2.36. The van der Waals surface area contributed by atoms with Crippen molar-refractivity contribution in [2.45, 2.75) is 58.2 Å². The van der Waals surface area contributed by atoms with Crippen LogP contribution < -0.4 is 5.32 Å². The maximum atomic E-state index is 12.7. The minimum atomic E-state index is -0.348. The molecule has 0 bridgehead atoms. The Hall–Kier alpha value is -1.85. The molecule has 0 aliphatic carbocycles. The summed E-state index contributed by atoms with van der Waals surface area (Å²) in [7, 11) is 0. The summed E-state index contributed by atoms with van der Waals surface area (Å²) in [4.78, 5) is 30.7. The van der Waals surface area contributed by atoms with E-state index in [1.165, 1.54) is 0 Å². The number of amides is 2. The lowest BCUT2D eigenvalue weighted by Gasteiger charge is -2.32. The normalized spacial score (nSPS) is 22.8. The second-order valence-corrected chi connectivity index (χ2v) is 6.62. The maximum absolute atomic E-state index is 12.7. The summed E-state index contributed by atoms with van der Waals surface area (Å²) < 4.78 is 2.10. The summed E-state index contributed by atoms with van der Waals surface area (Å²) in [5.74, 6) is 1.29. The standard InChI is InChI=1S/C16H24N4O2/c1-11(2)15(20-8-3-4-14(20)21)16(22)18-12-5-6-13-17-7-9-19(13)10-12/h7,9,11-12,15H,3-6,8,10H2,1-2H3,(H,18,22). The van der Waals surface area contributed by atoms with Gasteiger partial charge in [-0.05, 0) is 18.8 Å². The van der Waals surface area contributed by atoms with Crippen molar-refractivity contribution in [3.05, 3.63) is 18.2 Å². The molecule has 2 atom stereocenters. The zero-order valence-corrected chi connectivity index (χ0v) is 13.3. The average molecular weight is 304 g/mol. The van der Waals surface area contributed by atoms with E-state index in [1.54, 1.807) is 11.1 Å². The number of aryl methyl sites for hydroxylation is 1. The lowest BCUT2D eigenvalue weighted by atomic mass is 10.00. The second-order valence-electron chi connectivity index (χ2n) is 6.62. The van der Waals surface area contributed by atoms with Crippen molar-refractivity contribution in [1.82, 2.24) is 19.8 Å². The van der Waals surface area contributed by atoms with Gasteiger partial charge in [0.05, 0.1) is 0 Å². The molecule has 3 heterocycles. The number of hydrogen-bond acceptors (Lipinski definition) is 3. The Kier molecular flexibility index (Phi) is 4.18. The lowest BCUT2D eigenvalue weighted by Crippen LogP contribution is -2.53. The predicted molar refractivity (Wildman–Crippen MR) is 82.1 cm³/mol. The third-order valence-electron chi connectivity index (χ3n) is 4.63. The lowest BCUT2D eigenvalue weighted by molar-refractivity contribution is -0.139. The Balaban J connectivity index is 1.66. The van der Waals surface area contributed by atoms with Gasteiger partial charge in [-0.2, -0.15) is 0 Å². The van der Waals surface area contributed by atoms with E-state index in [2.05, 4.69) is 14.9 Å². The number of likely N-dealkylation sites (tertiary alicyclic amines) is 1. The summed E-state index contributed by atoms with van der Waals surface area (Å²) >= 11 is 0. The molecule has 1 saturated heterocycles. The molecule has 1 fully saturated rings. The van der Waals surface area contributed by atoms with Gasteiger partial charge >= 0.3 is 0 Å². The molecule has 6 nitrogen and oxygen atoms in total. The summed E-state index contributed by atoms with van der Waals surface area (Å²) in [6.45, 7) is 5.47. The van der Waals surface area contributed by atoms with E-state index in [-0.39, 0.29) is 29.8 Å². The van der Waals surface area contributed by atoms with Gasteiger partial charge in [0, 0.05) is 44.4 Å². The van der Waals surface area contributed by atoms with E-state index in [0.29, 0.717) is 13.0 Å². The Morgan fingerprint density at radius 3 is 2.91 bits per heavy atom. The quantitative estimate of drug-likeness (QED) is 0.901. The Morgan fingerprint density at radius 1 is 1.41 bits per heavy atom. The zero-order chi connectivity index (χ0) is 15.7. The molecule has 0 spiro atoms. The molecule has 6 heteroatoms. The van der Waals surface area contributed by atoms with Crippen LogP contribution in [0.2, 0.25) is 0 Å². The molecule has 2 aliphatic rings. The van der Waals surface area contributed by atoms with Gasteiger partial charge in [-0.25, -0.2) is 4.98 Å². The van der Waals surface area contributed by atoms with Gasteiger partial charge in [0.25, 0.3) is 0 Å². The van der Waals surface area contributed by atoms with E-state index >= 15 is 0 Å². The summed E-state index contributed by atoms with van der Waals surface area (Å²) in [5.41, 5.74) is 0. The molecule has 2 unspecified atom stereocenters. The van der Waals surface area contributed by atoms with Crippen LogP contribution in [0.3, 0.4) is 0 Å². The molecule has 22 heavy (non-hydrogen) atoms. The highest BCUT2D eigenvalue weighted by atomic mass is 16.2. The predicted octanol–water partition coefficient (Wildman–Crippen LogP) is 0.961. The van der Waals surface area contributed by atoms with Gasteiger partial charge in [-0.15, -0.1) is 0 Å². The van der Waals surface area contributed by atoms with Crippen molar-refractivity contribution < 1.29 is 9.59 Å². The largest absolute Gasteiger partial charge is 0.350 e. The van der Waals surface area contributed by atoms with E-state index < -0.39 is 0 Å². The number of carbonyl (C=O) groups excluding carboxylic acids is 2. The van der Waals surface area contributed by atoms with Crippen LogP contribution in [0.1, 0.15) is 38.9 Å². The average Bonchev–Trinajstić information content (AvgIpc) is 3.08. The monoisotopic (exact) mass is 304 g/mol. The number of aromatic nitrogens is 2. The smallest absolute Gasteiger partial charge is 0.243 e. The third-order valence-corrected chi connectivity index (χ3v) is 4.63. The third kappa shape index (κ3) is 2.87. The molecule has 3 rings (SSSR count). The fraction of sp³-hybridized carbons (Fsp3) is 0.688. The van der Waals surface area contributed by atoms with Crippen LogP contribution in [0.25, 0.3) is 0 Å². The van der Waals surface area contributed by atoms with Crippen molar-refractivity contribution in [3.8, 4) is 0 Å². The van der Waals surface area contributed by atoms with Gasteiger partial charge < -0.3 is 14.8 Å². The SMILES string of the molecule is CC(C)C(C(=O)NC1CCc2nccn2C1)N1CCCC1=O. The van der Waals surface area contributed by atoms with Crippen LogP contribution in [-0.4, -0.2) is 44.9 Å². The Labute approximate surface area is 130 Å². The molecule has 1 aromatic rings. The summed E-state index contributed by atoms with van der Waals surface area (Å²) in [6, 6.07) is -0.229. The van der Waals surface area contributed by atoms with Gasteiger partial charge in [0.1, 0.15) is 11.9 Å². The van der Waals surface area contributed by atoms with E-state index in [0.717, 1.165) is 31.6 Å². The van der Waals surface area contributed by atoms with Gasteiger partial charge in [0.2, 0.25) is 11.8 Å². The molecule has 120 valence electrons. The fourth-order valence-corrected chi connectivity index (χ4v) is 3.54. The number of imidazole rings is 1. The highest BCUT2D eigenvalue weighted by molar-refractivity contribution is 5.89. The van der Waals surface area contributed by atoms with Crippen molar-refractivity contribution >= 4 is 11.8 Å². The van der Waals surface area contributed by atoms with E-state index in [9.17, 15) is 9.59 Å². The number of carbonyl (C=O) groups is 2. The molecule has 2 aliphatic heterocycles. The zero-order valence-electron chi connectivity index (χ0n) is 13.3. The van der Waals surface area contributed by atoms with Crippen LogP contribution in [0.15, 0.2) is 12.4 Å². The first-order valence-electron chi connectivity index (χ1n) is 8.16. The van der Waals surface area contributed by atoms with Crippen LogP contribution >= 0.6 is 0 Å². The van der Waals surface area contributed by atoms with Gasteiger partial charge in [-0.3, -0.25) is 9.59 Å². The number of rotatable bonds is 4. The first-order valence-corrected chi connectivity index (χ1v) is 8.16. The van der Waals surface area contributed by atoms with Crippen molar-refractivity contribution in [2.24, 2.45) is 5.92 Å². The molecule has 1 N–H and O–H groups in total. The van der Waals surface area contributed by atoms with Crippen LogP contribution in [0.5, 0.6) is 0 Å². The van der Waals surface area contributed by atoms with Crippen LogP contribution in [0, 0.1) is 5.92 Å². The van der Waals surface area contributed by atoms with E-state index in [1.807, 2.05) is 20.0 Å². The van der Waals surface area contributed by atoms with Gasteiger partial charge in [-0.1, -0.05) is 13.8 Å². The van der Waals surface area contributed by atoms with E-state index in [4.69, 9.17) is 0 Å². The molecule has 0 aromatic carbocycles. The number of fused-ring (bicyclic) bond motifs is 1. The molecule has 2 amide bonds. The molecule has 0 radical (unpaired) electrons. The fourth-order valence-electron chi connectivity index (χ4n) is 3.54. The first-order chi connectivity index (χ1) is 10.6. The maximum Gasteiger partial charge on any atom is 0.243 e. The number of nitrogens with zero attached hydrogens (tertiary/aromatic N) is 3. The number of nitrogens with one attached hydrogen (secondary N) is 1. The van der Waals surface area contributed by atoms with Crippen molar-refractivity contribution in [1.29, 1.82) is 0 Å². The number of hydrogen-bond donors (Lipinski definition) is 1. The Morgan fingerprint density at radius 2 is 2.23 bits per heavy atom. The highest BCUT2D eigenvalue weighted by Crippen LogP contribution is 2.20. The minimum Gasteiger partial charge on any atom is -0.350 e. The van der Waals surface area contributed by atoms with Crippen molar-refractivity contribution in [2.75, 3.05) is 6.54 Å². The molecule has 0 saturated carbocycles. The Bertz CT molecular complexity index is 566. The molecule has 1 aromatic heterocycles. The summed E-state index contributed by atoms with van der Waals surface area (Å²) in [5, 5.41) is 3.15. The first kappa shape index (κ1) is 15.1. The van der Waals surface area contributed by atoms with Crippen LogP contribution in [-0.2, 0) is 22.6 Å². The topological polar surface area (TPSA) is 67.2 Å². The van der Waals surface area contributed by atoms with Crippen LogP contribution in [0.4, 0.5) is 0 Å². The summed E-state index contributed by atoms with van der Waals surface area (Å²) in [6.07, 6.45) is 6.97. The molecular formula is C16H24N4O2. The molecular weight excluding hydrogens is 280 g/mol. The van der Waals surface area contributed by atoms with Crippen molar-refractivity contribution in [3.63, 3.8) is 0 Å².